The Morgan fingerprint density at radius 3 is 2.81 bits per heavy atom. The van der Waals surface area contributed by atoms with Crippen LogP contribution < -0.4 is 9.64 Å². The SMILES string of the molecule is COc1ccc(O)c(C(=O)OCC(=O)N2CCC(C)Sc3ccccc32)c1. The second kappa shape index (κ2) is 8.35. The van der Waals surface area contributed by atoms with Gasteiger partial charge in [-0.2, -0.15) is 0 Å². The topological polar surface area (TPSA) is 76.1 Å². The number of aromatic hydroxyl groups is 1. The minimum atomic E-state index is -0.773. The van der Waals surface area contributed by atoms with Crippen molar-refractivity contribution in [3.05, 3.63) is 48.0 Å². The van der Waals surface area contributed by atoms with Gasteiger partial charge in [-0.1, -0.05) is 19.1 Å². The molecule has 27 heavy (non-hydrogen) atoms. The van der Waals surface area contributed by atoms with E-state index in [1.807, 2.05) is 24.3 Å². The van der Waals surface area contributed by atoms with E-state index in [4.69, 9.17) is 9.47 Å². The number of phenolic OH excluding ortho intramolecular Hbond substituents is 1. The van der Waals surface area contributed by atoms with Gasteiger partial charge >= 0.3 is 5.97 Å². The number of phenols is 1. The summed E-state index contributed by atoms with van der Waals surface area (Å²) in [6.45, 7) is 2.29. The van der Waals surface area contributed by atoms with Gasteiger partial charge in [0, 0.05) is 16.7 Å². The van der Waals surface area contributed by atoms with Gasteiger partial charge in [0.05, 0.1) is 12.8 Å². The van der Waals surface area contributed by atoms with E-state index in [9.17, 15) is 14.7 Å². The van der Waals surface area contributed by atoms with Crippen molar-refractivity contribution in [2.75, 3.05) is 25.2 Å². The molecule has 3 rings (SSSR count). The molecule has 142 valence electrons. The van der Waals surface area contributed by atoms with Crippen molar-refractivity contribution in [1.82, 2.24) is 0 Å². The van der Waals surface area contributed by atoms with Crippen LogP contribution in [0.25, 0.3) is 0 Å². The van der Waals surface area contributed by atoms with E-state index in [0.29, 0.717) is 17.5 Å². The Morgan fingerprint density at radius 1 is 1.26 bits per heavy atom. The van der Waals surface area contributed by atoms with E-state index in [1.165, 1.54) is 25.3 Å². The number of para-hydroxylation sites is 1. The van der Waals surface area contributed by atoms with Gasteiger partial charge in [-0.15, -0.1) is 11.8 Å². The zero-order valence-corrected chi connectivity index (χ0v) is 16.0. The van der Waals surface area contributed by atoms with Crippen LogP contribution in [0.4, 0.5) is 5.69 Å². The quantitative estimate of drug-likeness (QED) is 0.810. The molecule has 6 nitrogen and oxygen atoms in total. The second-order valence-corrected chi connectivity index (χ2v) is 7.67. The van der Waals surface area contributed by atoms with E-state index in [0.717, 1.165) is 17.0 Å². The average Bonchev–Trinajstić information content (AvgIpc) is 2.84. The lowest BCUT2D eigenvalue weighted by atomic mass is 10.2. The number of hydrogen-bond acceptors (Lipinski definition) is 6. The molecular weight excluding hydrogens is 366 g/mol. The van der Waals surface area contributed by atoms with Gasteiger partial charge in [0.15, 0.2) is 6.61 Å². The normalized spacial score (nSPS) is 16.2. The molecule has 1 aliphatic rings. The number of fused-ring (bicyclic) bond motifs is 1. The highest BCUT2D eigenvalue weighted by molar-refractivity contribution is 8.00. The van der Waals surface area contributed by atoms with Crippen LogP contribution in [0.15, 0.2) is 47.4 Å². The predicted molar refractivity (Wildman–Crippen MR) is 104 cm³/mol. The van der Waals surface area contributed by atoms with Crippen LogP contribution in [-0.2, 0) is 9.53 Å². The molecule has 0 saturated carbocycles. The molecule has 0 aromatic heterocycles. The highest BCUT2D eigenvalue weighted by Gasteiger charge is 2.25. The van der Waals surface area contributed by atoms with Crippen molar-refractivity contribution >= 4 is 29.3 Å². The summed E-state index contributed by atoms with van der Waals surface area (Å²) in [4.78, 5) is 27.7. The number of amides is 1. The summed E-state index contributed by atoms with van der Waals surface area (Å²) in [6.07, 6.45) is 0.843. The number of hydrogen-bond donors (Lipinski definition) is 1. The van der Waals surface area contributed by atoms with Crippen molar-refractivity contribution in [3.8, 4) is 11.5 Å². The Morgan fingerprint density at radius 2 is 2.04 bits per heavy atom. The Bertz CT molecular complexity index is 854. The van der Waals surface area contributed by atoms with Crippen LogP contribution in [0.2, 0.25) is 0 Å². The third-order valence-corrected chi connectivity index (χ3v) is 5.53. The first kappa shape index (κ1) is 19.1. The Labute approximate surface area is 162 Å². The summed E-state index contributed by atoms with van der Waals surface area (Å²) in [6, 6.07) is 12.0. The maximum Gasteiger partial charge on any atom is 0.342 e. The number of rotatable bonds is 4. The number of ether oxygens (including phenoxy) is 2. The van der Waals surface area contributed by atoms with Crippen LogP contribution in [0, 0.1) is 0 Å². The first-order valence-corrected chi connectivity index (χ1v) is 9.47. The molecule has 2 aromatic carbocycles. The van der Waals surface area contributed by atoms with Gasteiger partial charge in [-0.3, -0.25) is 4.79 Å². The number of carbonyl (C=O) groups is 2. The van der Waals surface area contributed by atoms with Crippen molar-refractivity contribution < 1.29 is 24.2 Å². The minimum Gasteiger partial charge on any atom is -0.507 e. The number of esters is 1. The fraction of sp³-hybridized carbons (Fsp3) is 0.300. The van der Waals surface area contributed by atoms with Crippen molar-refractivity contribution in [2.24, 2.45) is 0 Å². The monoisotopic (exact) mass is 387 g/mol. The van der Waals surface area contributed by atoms with Gasteiger partial charge in [0.2, 0.25) is 0 Å². The Kier molecular flexibility index (Phi) is 5.91. The van der Waals surface area contributed by atoms with Crippen molar-refractivity contribution in [2.45, 2.75) is 23.5 Å². The lowest BCUT2D eigenvalue weighted by Crippen LogP contribution is -2.35. The van der Waals surface area contributed by atoms with Gasteiger partial charge in [0.1, 0.15) is 17.1 Å². The van der Waals surface area contributed by atoms with E-state index in [-0.39, 0.29) is 17.2 Å². The summed E-state index contributed by atoms with van der Waals surface area (Å²) in [7, 11) is 1.46. The molecule has 0 aliphatic carbocycles. The molecule has 1 amide bonds. The predicted octanol–water partition coefficient (Wildman–Crippen LogP) is 3.48. The highest BCUT2D eigenvalue weighted by atomic mass is 32.2. The molecule has 0 spiro atoms. The molecule has 1 aliphatic heterocycles. The summed E-state index contributed by atoms with van der Waals surface area (Å²) in [5, 5.41) is 10.2. The summed E-state index contributed by atoms with van der Waals surface area (Å²) >= 11 is 1.73. The second-order valence-electron chi connectivity index (χ2n) is 6.19. The maximum absolute atomic E-state index is 12.7. The number of benzene rings is 2. The van der Waals surface area contributed by atoms with E-state index >= 15 is 0 Å². The molecule has 1 atom stereocenters. The molecule has 2 aromatic rings. The number of methoxy groups -OCH3 is 1. The van der Waals surface area contributed by atoms with Crippen molar-refractivity contribution in [1.29, 1.82) is 0 Å². The summed E-state index contributed by atoms with van der Waals surface area (Å²) in [5.41, 5.74) is 0.791. The van der Waals surface area contributed by atoms with Crippen molar-refractivity contribution in [3.63, 3.8) is 0 Å². The van der Waals surface area contributed by atoms with Gasteiger partial charge < -0.3 is 19.5 Å². The number of nitrogens with zero attached hydrogens (tertiary/aromatic N) is 1. The van der Waals surface area contributed by atoms with Crippen LogP contribution >= 0.6 is 11.8 Å². The molecular formula is C20H21NO5S. The molecule has 0 fully saturated rings. The fourth-order valence-electron chi connectivity index (χ4n) is 2.83. The Hall–Kier alpha value is -2.67. The number of carbonyl (C=O) groups excluding carboxylic acids is 2. The third-order valence-electron chi connectivity index (χ3n) is 4.29. The number of anilines is 1. The molecule has 0 radical (unpaired) electrons. The Balaban J connectivity index is 1.72. The standard InChI is InChI=1S/C20H21NO5S/c1-13-9-10-21(16-5-3-4-6-18(16)27-13)19(23)12-26-20(24)15-11-14(25-2)7-8-17(15)22/h3-8,11,13,22H,9-10,12H2,1-2H3. The smallest absolute Gasteiger partial charge is 0.342 e. The largest absolute Gasteiger partial charge is 0.507 e. The lowest BCUT2D eigenvalue weighted by Gasteiger charge is -2.22. The van der Waals surface area contributed by atoms with E-state index in [2.05, 4.69) is 6.92 Å². The van der Waals surface area contributed by atoms with Crippen LogP contribution in [0.1, 0.15) is 23.7 Å². The molecule has 1 heterocycles. The van der Waals surface area contributed by atoms with E-state index in [1.54, 1.807) is 16.7 Å². The van der Waals surface area contributed by atoms with Gasteiger partial charge in [-0.25, -0.2) is 4.79 Å². The number of thioether (sulfide) groups is 1. The zero-order chi connectivity index (χ0) is 19.4. The van der Waals surface area contributed by atoms with Crippen LogP contribution in [0.5, 0.6) is 11.5 Å². The zero-order valence-electron chi connectivity index (χ0n) is 15.2. The molecule has 0 bridgehead atoms. The first-order valence-electron chi connectivity index (χ1n) is 8.59. The van der Waals surface area contributed by atoms with E-state index < -0.39 is 12.6 Å². The molecule has 7 heteroatoms. The maximum atomic E-state index is 12.7. The minimum absolute atomic E-state index is 0.0393. The average molecular weight is 387 g/mol. The van der Waals surface area contributed by atoms with Crippen LogP contribution in [0.3, 0.4) is 0 Å². The highest BCUT2D eigenvalue weighted by Crippen LogP contribution is 2.37. The molecule has 0 saturated heterocycles. The third kappa shape index (κ3) is 4.36. The summed E-state index contributed by atoms with van der Waals surface area (Å²) in [5.74, 6) is -0.879. The molecule has 1 N–H and O–H groups in total. The summed E-state index contributed by atoms with van der Waals surface area (Å²) < 4.78 is 10.2. The molecule has 1 unspecified atom stereocenters. The van der Waals surface area contributed by atoms with Gasteiger partial charge in [-0.05, 0) is 36.8 Å². The fourth-order valence-corrected chi connectivity index (χ4v) is 3.95. The van der Waals surface area contributed by atoms with Gasteiger partial charge in [0.25, 0.3) is 5.91 Å². The lowest BCUT2D eigenvalue weighted by molar-refractivity contribution is -0.121. The first-order chi connectivity index (χ1) is 13.0. The van der Waals surface area contributed by atoms with Crippen LogP contribution in [-0.4, -0.2) is 42.5 Å².